The molecule has 0 radical (unpaired) electrons. The fraction of sp³-hybridized carbons (Fsp3) is 0.632. The molecule has 1 aromatic rings. The minimum Gasteiger partial charge on any atom is -0.411 e. The first-order chi connectivity index (χ1) is 11.3. The fourth-order valence-electron chi connectivity index (χ4n) is 4.11. The van der Waals surface area contributed by atoms with Crippen LogP contribution in [-0.2, 0) is 6.42 Å². The van der Waals surface area contributed by atoms with E-state index in [0.717, 1.165) is 25.0 Å². The van der Waals surface area contributed by atoms with E-state index in [-0.39, 0.29) is 0 Å². The van der Waals surface area contributed by atoms with Crippen LogP contribution < -0.4 is 0 Å². The summed E-state index contributed by atoms with van der Waals surface area (Å²) in [6.07, 6.45) is 9.18. The zero-order valence-electron chi connectivity index (χ0n) is 14.1. The van der Waals surface area contributed by atoms with Crippen LogP contribution in [0.5, 0.6) is 0 Å². The average molecular weight is 333 g/mol. The smallest absolute Gasteiger partial charge is 0.0827 e. The summed E-state index contributed by atoms with van der Waals surface area (Å²) in [5.74, 6) is 0. The Morgan fingerprint density at radius 2 is 2.22 bits per heavy atom. The van der Waals surface area contributed by atoms with Crippen LogP contribution >= 0.6 is 11.3 Å². The normalized spacial score (nSPS) is 23.6. The van der Waals surface area contributed by atoms with Crippen LogP contribution in [0, 0.1) is 0 Å². The SMILES string of the molecule is CCCN(CCc1cccs1)C1CCC2=C(CCCC2=NO)C1. The molecule has 0 bridgehead atoms. The van der Waals surface area contributed by atoms with E-state index >= 15 is 0 Å². The summed E-state index contributed by atoms with van der Waals surface area (Å²) in [5.41, 5.74) is 3.91. The second-order valence-corrected chi connectivity index (χ2v) is 7.78. The maximum Gasteiger partial charge on any atom is 0.0827 e. The lowest BCUT2D eigenvalue weighted by Gasteiger charge is -2.37. The van der Waals surface area contributed by atoms with Crippen molar-refractivity contribution in [1.82, 2.24) is 4.90 Å². The Labute approximate surface area is 143 Å². The highest BCUT2D eigenvalue weighted by atomic mass is 32.1. The molecule has 0 spiro atoms. The first-order valence-electron chi connectivity index (χ1n) is 9.00. The van der Waals surface area contributed by atoms with Gasteiger partial charge in [0, 0.05) is 17.5 Å². The molecule has 1 aromatic heterocycles. The molecule has 0 fully saturated rings. The van der Waals surface area contributed by atoms with E-state index in [1.54, 1.807) is 5.57 Å². The molecule has 1 unspecified atom stereocenters. The van der Waals surface area contributed by atoms with Gasteiger partial charge in [0.05, 0.1) is 5.71 Å². The Balaban J connectivity index is 1.65. The van der Waals surface area contributed by atoms with Gasteiger partial charge < -0.3 is 5.21 Å². The van der Waals surface area contributed by atoms with Gasteiger partial charge in [0.2, 0.25) is 0 Å². The lowest BCUT2D eigenvalue weighted by atomic mass is 9.78. The average Bonchev–Trinajstić information content (AvgIpc) is 3.11. The largest absolute Gasteiger partial charge is 0.411 e. The second-order valence-electron chi connectivity index (χ2n) is 6.74. The van der Waals surface area contributed by atoms with E-state index in [1.165, 1.54) is 55.6 Å². The van der Waals surface area contributed by atoms with Gasteiger partial charge in [-0.25, -0.2) is 0 Å². The van der Waals surface area contributed by atoms with Crippen molar-refractivity contribution in [2.45, 2.75) is 64.3 Å². The summed E-state index contributed by atoms with van der Waals surface area (Å²) < 4.78 is 0. The summed E-state index contributed by atoms with van der Waals surface area (Å²) in [5, 5.41) is 15.0. The highest BCUT2D eigenvalue weighted by Crippen LogP contribution is 2.36. The fourth-order valence-corrected chi connectivity index (χ4v) is 4.81. The van der Waals surface area contributed by atoms with E-state index in [0.29, 0.717) is 6.04 Å². The number of hydrogen-bond donors (Lipinski definition) is 1. The number of nitrogens with zero attached hydrogens (tertiary/aromatic N) is 2. The van der Waals surface area contributed by atoms with Crippen molar-refractivity contribution in [3.63, 3.8) is 0 Å². The predicted molar refractivity (Wildman–Crippen MR) is 97.6 cm³/mol. The first kappa shape index (κ1) is 16.7. The molecule has 0 saturated heterocycles. The monoisotopic (exact) mass is 332 g/mol. The van der Waals surface area contributed by atoms with Gasteiger partial charge in [-0.05, 0) is 74.9 Å². The van der Waals surface area contributed by atoms with E-state index in [1.807, 2.05) is 11.3 Å². The molecule has 0 aliphatic heterocycles. The molecule has 2 aliphatic rings. The Bertz CT molecular complexity index is 562. The molecule has 1 atom stereocenters. The van der Waals surface area contributed by atoms with Crippen molar-refractivity contribution in [1.29, 1.82) is 0 Å². The molecule has 1 heterocycles. The van der Waals surface area contributed by atoms with Crippen molar-refractivity contribution in [2.75, 3.05) is 13.1 Å². The third-order valence-electron chi connectivity index (χ3n) is 5.25. The van der Waals surface area contributed by atoms with Crippen molar-refractivity contribution >= 4 is 17.0 Å². The molecular weight excluding hydrogens is 304 g/mol. The van der Waals surface area contributed by atoms with Gasteiger partial charge in [0.1, 0.15) is 0 Å². The van der Waals surface area contributed by atoms with E-state index in [4.69, 9.17) is 0 Å². The van der Waals surface area contributed by atoms with E-state index in [2.05, 4.69) is 34.5 Å². The zero-order valence-corrected chi connectivity index (χ0v) is 14.9. The molecule has 0 saturated carbocycles. The number of oxime groups is 1. The summed E-state index contributed by atoms with van der Waals surface area (Å²) in [7, 11) is 0. The van der Waals surface area contributed by atoms with Crippen molar-refractivity contribution < 1.29 is 5.21 Å². The van der Waals surface area contributed by atoms with Crippen LogP contribution in [0.4, 0.5) is 0 Å². The van der Waals surface area contributed by atoms with Gasteiger partial charge in [0.15, 0.2) is 0 Å². The van der Waals surface area contributed by atoms with E-state index < -0.39 is 0 Å². The van der Waals surface area contributed by atoms with Crippen LogP contribution in [0.15, 0.2) is 33.8 Å². The van der Waals surface area contributed by atoms with Crippen molar-refractivity contribution in [3.8, 4) is 0 Å². The van der Waals surface area contributed by atoms with E-state index in [9.17, 15) is 5.21 Å². The maximum absolute atomic E-state index is 9.22. The number of hydrogen-bond acceptors (Lipinski definition) is 4. The summed E-state index contributed by atoms with van der Waals surface area (Å²) in [4.78, 5) is 4.20. The third-order valence-corrected chi connectivity index (χ3v) is 6.19. The molecule has 1 N–H and O–H groups in total. The van der Waals surface area contributed by atoms with Gasteiger partial charge in [-0.15, -0.1) is 11.3 Å². The minimum atomic E-state index is 0.673. The van der Waals surface area contributed by atoms with Crippen LogP contribution in [0.1, 0.15) is 56.7 Å². The second kappa shape index (κ2) is 8.11. The molecule has 2 aliphatic carbocycles. The highest BCUT2D eigenvalue weighted by Gasteiger charge is 2.29. The van der Waals surface area contributed by atoms with Crippen LogP contribution in [-0.4, -0.2) is 35.0 Å². The highest BCUT2D eigenvalue weighted by molar-refractivity contribution is 7.09. The van der Waals surface area contributed by atoms with Crippen LogP contribution in [0.2, 0.25) is 0 Å². The van der Waals surface area contributed by atoms with Gasteiger partial charge in [-0.3, -0.25) is 4.90 Å². The van der Waals surface area contributed by atoms with Gasteiger partial charge in [0.25, 0.3) is 0 Å². The standard InChI is InChI=1S/C19H28N2OS/c1-2-11-21(12-10-17-6-4-13-23-17)16-8-9-18-15(14-16)5-3-7-19(18)20-22/h4,6,13,16,22H,2-3,5,7-12,14H2,1H3. The quantitative estimate of drug-likeness (QED) is 0.596. The summed E-state index contributed by atoms with van der Waals surface area (Å²) in [6.45, 7) is 4.64. The summed E-state index contributed by atoms with van der Waals surface area (Å²) in [6, 6.07) is 5.08. The van der Waals surface area contributed by atoms with Crippen molar-refractivity contribution in [3.05, 3.63) is 33.5 Å². The zero-order chi connectivity index (χ0) is 16.1. The topological polar surface area (TPSA) is 35.8 Å². The molecule has 0 amide bonds. The van der Waals surface area contributed by atoms with Crippen LogP contribution in [0.3, 0.4) is 0 Å². The Morgan fingerprint density at radius 3 is 2.96 bits per heavy atom. The lowest BCUT2D eigenvalue weighted by Crippen LogP contribution is -2.40. The van der Waals surface area contributed by atoms with Crippen LogP contribution in [0.25, 0.3) is 0 Å². The number of rotatable bonds is 6. The van der Waals surface area contributed by atoms with Gasteiger partial charge >= 0.3 is 0 Å². The molecule has 0 aromatic carbocycles. The Kier molecular flexibility index (Phi) is 5.90. The molecule has 3 nitrogen and oxygen atoms in total. The number of thiophene rings is 1. The minimum absolute atomic E-state index is 0.673. The molecule has 126 valence electrons. The van der Waals surface area contributed by atoms with Gasteiger partial charge in [-0.1, -0.05) is 23.7 Å². The molecular formula is C19H28N2OS. The van der Waals surface area contributed by atoms with Gasteiger partial charge in [-0.2, -0.15) is 0 Å². The van der Waals surface area contributed by atoms with Crippen molar-refractivity contribution in [2.24, 2.45) is 5.16 Å². The molecule has 3 rings (SSSR count). The Morgan fingerprint density at radius 1 is 1.30 bits per heavy atom. The maximum atomic E-state index is 9.22. The third kappa shape index (κ3) is 4.04. The predicted octanol–water partition coefficient (Wildman–Crippen LogP) is 4.87. The summed E-state index contributed by atoms with van der Waals surface area (Å²) >= 11 is 1.87. The Hall–Kier alpha value is -1.13. The molecule has 23 heavy (non-hydrogen) atoms. The number of allylic oxidation sites excluding steroid dienone is 1. The lowest BCUT2D eigenvalue weighted by molar-refractivity contribution is 0.181. The first-order valence-corrected chi connectivity index (χ1v) is 9.88. The molecule has 4 heteroatoms.